The van der Waals surface area contributed by atoms with Gasteiger partial charge in [-0.15, -0.1) is 0 Å². The van der Waals surface area contributed by atoms with E-state index in [9.17, 15) is 0 Å². The van der Waals surface area contributed by atoms with Gasteiger partial charge in [-0.05, 0) is 12.1 Å². The molecule has 0 heterocycles. The van der Waals surface area contributed by atoms with Gasteiger partial charge in [0.1, 0.15) is 0 Å². The molecule has 6 nitrogen and oxygen atoms in total. The molecule has 1 fully saturated rings. The highest BCUT2D eigenvalue weighted by Crippen LogP contribution is 2.48. The van der Waals surface area contributed by atoms with Crippen LogP contribution < -0.4 is 20.5 Å². The predicted molar refractivity (Wildman–Crippen MR) is 92.3 cm³/mol. The molecule has 3 atom stereocenters. The Balaban J connectivity index is 2.12. The minimum absolute atomic E-state index is 0.0297. The van der Waals surface area contributed by atoms with E-state index in [1.54, 1.807) is 21.3 Å². The van der Waals surface area contributed by atoms with Gasteiger partial charge in [0.2, 0.25) is 0 Å². The van der Waals surface area contributed by atoms with Gasteiger partial charge < -0.3 is 25.3 Å². The topological polar surface area (TPSA) is 78.1 Å². The van der Waals surface area contributed by atoms with Crippen molar-refractivity contribution in [1.29, 1.82) is 0 Å². The maximum Gasteiger partial charge on any atom is 0.193 e. The Morgan fingerprint density at radius 2 is 1.83 bits per heavy atom. The molecule has 128 valence electrons. The summed E-state index contributed by atoms with van der Waals surface area (Å²) in [7, 11) is 4.95. The van der Waals surface area contributed by atoms with Crippen LogP contribution in [0.4, 0.5) is 5.69 Å². The summed E-state index contributed by atoms with van der Waals surface area (Å²) in [5, 5.41) is 3.11. The van der Waals surface area contributed by atoms with E-state index in [0.717, 1.165) is 5.69 Å². The number of benzene rings is 1. The summed E-state index contributed by atoms with van der Waals surface area (Å²) in [5.41, 5.74) is 6.85. The Morgan fingerprint density at radius 1 is 1.17 bits per heavy atom. The molecule has 0 aromatic heterocycles. The maximum absolute atomic E-state index is 6.07. The number of nitrogens with two attached hydrogens (primary N) is 1. The van der Waals surface area contributed by atoms with Crippen LogP contribution >= 0.6 is 0 Å². The van der Waals surface area contributed by atoms with Crippen molar-refractivity contribution in [3.8, 4) is 11.5 Å². The van der Waals surface area contributed by atoms with Crippen molar-refractivity contribution in [2.24, 2.45) is 22.1 Å². The average molecular weight is 321 g/mol. The number of methoxy groups -OCH3 is 3. The molecule has 1 saturated carbocycles. The summed E-state index contributed by atoms with van der Waals surface area (Å²) in [6.07, 6.45) is 0.199. The van der Waals surface area contributed by atoms with Crippen LogP contribution in [0.15, 0.2) is 23.2 Å². The fourth-order valence-corrected chi connectivity index (χ4v) is 3.62. The molecule has 1 aliphatic rings. The largest absolute Gasteiger partial charge is 0.493 e. The lowest BCUT2D eigenvalue weighted by molar-refractivity contribution is -0.132. The molecule has 2 rings (SSSR count). The van der Waals surface area contributed by atoms with Gasteiger partial charge in [-0.1, -0.05) is 20.8 Å². The number of anilines is 1. The maximum atomic E-state index is 6.07. The number of aliphatic imine (C=N–C) groups is 1. The summed E-state index contributed by atoms with van der Waals surface area (Å²) in [5.74, 6) is 2.03. The van der Waals surface area contributed by atoms with Crippen LogP contribution in [0.3, 0.4) is 0 Å². The van der Waals surface area contributed by atoms with E-state index in [1.807, 2.05) is 18.2 Å². The number of guanidine groups is 1. The highest BCUT2D eigenvalue weighted by atomic mass is 16.5. The Bertz CT molecular complexity index is 586. The number of rotatable bonds is 5. The summed E-state index contributed by atoms with van der Waals surface area (Å²) in [4.78, 5) is 4.64. The summed E-state index contributed by atoms with van der Waals surface area (Å²) in [6.45, 7) is 6.44. The van der Waals surface area contributed by atoms with Gasteiger partial charge in [-0.3, -0.25) is 0 Å². The lowest BCUT2D eigenvalue weighted by atomic mass is 9.58. The van der Waals surface area contributed by atoms with Crippen molar-refractivity contribution in [2.45, 2.75) is 32.9 Å². The Kier molecular flexibility index (Phi) is 5.04. The molecule has 1 aromatic carbocycles. The number of hydrogen-bond donors (Lipinski definition) is 2. The van der Waals surface area contributed by atoms with E-state index in [1.165, 1.54) is 0 Å². The Hall–Kier alpha value is -1.95. The zero-order valence-electron chi connectivity index (χ0n) is 14.7. The quantitative estimate of drug-likeness (QED) is 0.643. The molecule has 0 aliphatic heterocycles. The predicted octanol–water partition coefficient (Wildman–Crippen LogP) is 2.49. The van der Waals surface area contributed by atoms with E-state index in [4.69, 9.17) is 19.9 Å². The van der Waals surface area contributed by atoms with Gasteiger partial charge in [0.25, 0.3) is 0 Å². The van der Waals surface area contributed by atoms with Crippen molar-refractivity contribution in [2.75, 3.05) is 26.6 Å². The first-order chi connectivity index (χ1) is 10.8. The third-order valence-electron chi connectivity index (χ3n) is 4.66. The van der Waals surface area contributed by atoms with Crippen LogP contribution in [0.5, 0.6) is 11.5 Å². The highest BCUT2D eigenvalue weighted by molar-refractivity contribution is 5.92. The minimum Gasteiger partial charge on any atom is -0.493 e. The highest BCUT2D eigenvalue weighted by Gasteiger charge is 2.54. The number of nitrogens with zero attached hydrogens (tertiary/aromatic N) is 1. The zero-order valence-corrected chi connectivity index (χ0v) is 14.7. The first-order valence-corrected chi connectivity index (χ1v) is 7.70. The molecule has 23 heavy (non-hydrogen) atoms. The third kappa shape index (κ3) is 3.22. The first kappa shape index (κ1) is 17.4. The Labute approximate surface area is 138 Å². The van der Waals surface area contributed by atoms with E-state index < -0.39 is 0 Å². The molecule has 0 spiro atoms. The van der Waals surface area contributed by atoms with Crippen molar-refractivity contribution < 1.29 is 14.2 Å². The van der Waals surface area contributed by atoms with Gasteiger partial charge in [-0.25, -0.2) is 4.99 Å². The molecule has 1 aromatic rings. The van der Waals surface area contributed by atoms with Crippen LogP contribution in [0.1, 0.15) is 20.8 Å². The second-order valence-electron chi connectivity index (χ2n) is 6.49. The molecule has 0 radical (unpaired) electrons. The van der Waals surface area contributed by atoms with Gasteiger partial charge >= 0.3 is 0 Å². The van der Waals surface area contributed by atoms with Gasteiger partial charge in [0.15, 0.2) is 17.5 Å². The van der Waals surface area contributed by atoms with Crippen molar-refractivity contribution in [3.05, 3.63) is 18.2 Å². The van der Waals surface area contributed by atoms with E-state index in [0.29, 0.717) is 23.4 Å². The van der Waals surface area contributed by atoms with Gasteiger partial charge in [-0.2, -0.15) is 0 Å². The first-order valence-electron chi connectivity index (χ1n) is 7.70. The van der Waals surface area contributed by atoms with Crippen LogP contribution in [-0.2, 0) is 4.74 Å². The lowest BCUT2D eigenvalue weighted by Crippen LogP contribution is -2.61. The summed E-state index contributed by atoms with van der Waals surface area (Å²) < 4.78 is 16.1. The van der Waals surface area contributed by atoms with Crippen molar-refractivity contribution in [1.82, 2.24) is 0 Å². The second-order valence-corrected chi connectivity index (χ2v) is 6.49. The van der Waals surface area contributed by atoms with Crippen LogP contribution in [-0.4, -0.2) is 39.4 Å². The molecule has 0 saturated heterocycles. The number of nitrogens with one attached hydrogen (secondary N) is 1. The number of hydrogen-bond acceptors (Lipinski definition) is 4. The minimum atomic E-state index is -0.0297. The Morgan fingerprint density at radius 3 is 2.35 bits per heavy atom. The summed E-state index contributed by atoms with van der Waals surface area (Å²) in [6, 6.07) is 5.65. The molecular weight excluding hydrogens is 294 g/mol. The van der Waals surface area contributed by atoms with Crippen LogP contribution in [0, 0.1) is 11.3 Å². The fourth-order valence-electron chi connectivity index (χ4n) is 3.62. The van der Waals surface area contributed by atoms with Crippen LogP contribution in [0.2, 0.25) is 0 Å². The smallest absolute Gasteiger partial charge is 0.193 e. The van der Waals surface area contributed by atoms with Gasteiger partial charge in [0, 0.05) is 30.2 Å². The van der Waals surface area contributed by atoms with Crippen molar-refractivity contribution >= 4 is 11.6 Å². The fraction of sp³-hybridized carbons (Fsp3) is 0.588. The van der Waals surface area contributed by atoms with E-state index in [2.05, 4.69) is 31.1 Å². The normalized spacial score (nSPS) is 26.3. The standard InChI is InChI=1S/C17H27N3O3/c1-10-14(17(2,3)15(10)23-6)20-16(18)19-11-7-8-12(21-4)13(9-11)22-5/h7-10,14-15H,1-6H3,(H3,18,19,20). The van der Waals surface area contributed by atoms with Gasteiger partial charge in [0.05, 0.1) is 26.4 Å². The second kappa shape index (κ2) is 6.66. The molecule has 3 N–H and O–H groups in total. The van der Waals surface area contributed by atoms with E-state index >= 15 is 0 Å². The third-order valence-corrected chi connectivity index (χ3v) is 4.66. The SMILES string of the molecule is COc1ccc(NC(N)=NC2C(C)C(OC)C2(C)C)cc1OC. The molecule has 1 aliphatic carbocycles. The molecule has 6 heteroatoms. The van der Waals surface area contributed by atoms with Crippen molar-refractivity contribution in [3.63, 3.8) is 0 Å². The lowest BCUT2D eigenvalue weighted by Gasteiger charge is -2.54. The molecule has 3 unspecified atom stereocenters. The average Bonchev–Trinajstić information content (AvgIpc) is 2.52. The molecule has 0 amide bonds. The monoisotopic (exact) mass is 321 g/mol. The summed E-state index contributed by atoms with van der Waals surface area (Å²) >= 11 is 0. The van der Waals surface area contributed by atoms with Crippen LogP contribution in [0.25, 0.3) is 0 Å². The number of ether oxygens (including phenoxy) is 3. The zero-order chi connectivity index (χ0) is 17.2. The van der Waals surface area contributed by atoms with E-state index in [-0.39, 0.29) is 17.6 Å². The molecular formula is C17H27N3O3. The molecule has 0 bridgehead atoms.